The van der Waals surface area contributed by atoms with Gasteiger partial charge in [0.15, 0.2) is 0 Å². The molecule has 3 aromatic carbocycles. The third kappa shape index (κ3) is 3.73. The van der Waals surface area contributed by atoms with Crippen molar-refractivity contribution in [3.63, 3.8) is 0 Å². The molecular formula is C22H18ClNO2. The number of ether oxygens (including phenoxy) is 1. The van der Waals surface area contributed by atoms with Crippen LogP contribution in [0.1, 0.15) is 23.5 Å². The Balaban J connectivity index is 1.56. The summed E-state index contributed by atoms with van der Waals surface area (Å²) in [5.74, 6) is 0.722. The normalized spacial score (nSPS) is 16.2. The molecule has 26 heavy (non-hydrogen) atoms. The summed E-state index contributed by atoms with van der Waals surface area (Å²) in [6, 6.07) is 28.0. The second-order valence-electron chi connectivity index (χ2n) is 6.15. The Bertz CT molecular complexity index is 857. The lowest BCUT2D eigenvalue weighted by Crippen LogP contribution is -2.19. The molecule has 0 N–H and O–H groups in total. The first-order valence-electron chi connectivity index (χ1n) is 8.54. The number of hydrogen-bond acceptors (Lipinski definition) is 3. The minimum atomic E-state index is -0.446. The smallest absolute Gasteiger partial charge is 0.270 e. The van der Waals surface area contributed by atoms with Gasteiger partial charge in [0.05, 0.1) is 18.1 Å². The number of hydrogen-bond donors (Lipinski definition) is 0. The Morgan fingerprint density at radius 1 is 0.885 bits per heavy atom. The minimum absolute atomic E-state index is 0.0466. The van der Waals surface area contributed by atoms with Gasteiger partial charge in [-0.2, -0.15) is 0 Å². The molecule has 1 aliphatic rings. The van der Waals surface area contributed by atoms with Crippen molar-refractivity contribution < 1.29 is 9.57 Å². The molecule has 0 amide bonds. The van der Waals surface area contributed by atoms with Gasteiger partial charge >= 0.3 is 0 Å². The van der Waals surface area contributed by atoms with Crippen LogP contribution >= 0.6 is 11.6 Å². The maximum Gasteiger partial charge on any atom is 0.270 e. The fourth-order valence-corrected chi connectivity index (χ4v) is 3.35. The van der Waals surface area contributed by atoms with E-state index in [0.29, 0.717) is 17.2 Å². The van der Waals surface area contributed by atoms with Crippen molar-refractivity contribution >= 4 is 17.3 Å². The molecule has 0 radical (unpaired) electrons. The second-order valence-corrected chi connectivity index (χ2v) is 6.59. The zero-order valence-electron chi connectivity index (χ0n) is 14.1. The van der Waals surface area contributed by atoms with Gasteiger partial charge in [0.1, 0.15) is 5.75 Å². The molecule has 1 aliphatic heterocycles. The number of benzene rings is 3. The van der Waals surface area contributed by atoms with Gasteiger partial charge < -0.3 is 9.57 Å². The van der Waals surface area contributed by atoms with E-state index in [1.165, 1.54) is 11.1 Å². The maximum absolute atomic E-state index is 6.02. The SMILES string of the molecule is Clc1cccc(OC2CC(C(c3ccccc3)c3ccccc3)=NO2)c1. The van der Waals surface area contributed by atoms with Crippen molar-refractivity contribution in [2.45, 2.75) is 18.6 Å². The Kier molecular flexibility index (Phi) is 4.89. The van der Waals surface area contributed by atoms with Gasteiger partial charge in [-0.1, -0.05) is 83.5 Å². The van der Waals surface area contributed by atoms with E-state index in [2.05, 4.69) is 29.4 Å². The molecule has 4 heteroatoms. The van der Waals surface area contributed by atoms with Crippen LogP contribution in [0.2, 0.25) is 5.02 Å². The van der Waals surface area contributed by atoms with Crippen molar-refractivity contribution in [3.8, 4) is 5.75 Å². The predicted octanol–water partition coefficient (Wildman–Crippen LogP) is 5.65. The third-order valence-corrected chi connectivity index (χ3v) is 4.56. The molecule has 1 unspecified atom stereocenters. The van der Waals surface area contributed by atoms with Crippen LogP contribution in [0.15, 0.2) is 90.1 Å². The number of halogens is 1. The second kappa shape index (κ2) is 7.63. The Morgan fingerprint density at radius 3 is 2.15 bits per heavy atom. The van der Waals surface area contributed by atoms with Crippen LogP contribution in [0.25, 0.3) is 0 Å². The van der Waals surface area contributed by atoms with Gasteiger partial charge in [-0.25, -0.2) is 0 Å². The van der Waals surface area contributed by atoms with E-state index < -0.39 is 6.29 Å². The summed E-state index contributed by atoms with van der Waals surface area (Å²) in [5.41, 5.74) is 3.32. The fraction of sp³-hybridized carbons (Fsp3) is 0.136. The number of oxime groups is 1. The highest BCUT2D eigenvalue weighted by molar-refractivity contribution is 6.30. The van der Waals surface area contributed by atoms with Crippen molar-refractivity contribution in [3.05, 3.63) is 101 Å². The molecule has 1 heterocycles. The van der Waals surface area contributed by atoms with Gasteiger partial charge in [0, 0.05) is 5.02 Å². The van der Waals surface area contributed by atoms with Gasteiger partial charge in [0.25, 0.3) is 6.29 Å². The highest BCUT2D eigenvalue weighted by Crippen LogP contribution is 2.32. The summed E-state index contributed by atoms with van der Waals surface area (Å²) in [4.78, 5) is 5.56. The molecular weight excluding hydrogens is 346 g/mol. The van der Waals surface area contributed by atoms with Crippen LogP contribution in [0, 0.1) is 0 Å². The maximum atomic E-state index is 6.02. The predicted molar refractivity (Wildman–Crippen MR) is 104 cm³/mol. The molecule has 130 valence electrons. The average Bonchev–Trinajstić information content (AvgIpc) is 3.12. The van der Waals surface area contributed by atoms with E-state index in [-0.39, 0.29) is 5.92 Å². The van der Waals surface area contributed by atoms with Gasteiger partial charge in [-0.3, -0.25) is 0 Å². The quantitative estimate of drug-likeness (QED) is 0.586. The molecule has 3 aromatic rings. The summed E-state index contributed by atoms with van der Waals surface area (Å²) in [6.07, 6.45) is 0.152. The standard InChI is InChI=1S/C22H18ClNO2/c23-18-12-7-13-19(14-18)25-21-15-20(24-26-21)22(16-8-3-1-4-9-16)17-10-5-2-6-11-17/h1-14,21-22H,15H2. The van der Waals surface area contributed by atoms with E-state index >= 15 is 0 Å². The Hall–Kier alpha value is -2.78. The lowest BCUT2D eigenvalue weighted by molar-refractivity contribution is -0.0570. The molecule has 3 nitrogen and oxygen atoms in total. The number of rotatable bonds is 5. The largest absolute Gasteiger partial charge is 0.452 e. The van der Waals surface area contributed by atoms with E-state index in [9.17, 15) is 0 Å². The zero-order chi connectivity index (χ0) is 17.8. The van der Waals surface area contributed by atoms with Crippen LogP contribution in [0.5, 0.6) is 5.75 Å². The number of nitrogens with zero attached hydrogens (tertiary/aromatic N) is 1. The lowest BCUT2D eigenvalue weighted by Gasteiger charge is -2.17. The van der Waals surface area contributed by atoms with Crippen molar-refractivity contribution in [2.75, 3.05) is 0 Å². The molecule has 4 rings (SSSR count). The summed E-state index contributed by atoms with van der Waals surface area (Å²) >= 11 is 6.02. The lowest BCUT2D eigenvalue weighted by atomic mass is 9.86. The van der Waals surface area contributed by atoms with Crippen molar-refractivity contribution in [1.82, 2.24) is 0 Å². The Labute approximate surface area is 157 Å². The van der Waals surface area contributed by atoms with Crippen LogP contribution < -0.4 is 4.74 Å². The topological polar surface area (TPSA) is 30.8 Å². The third-order valence-electron chi connectivity index (χ3n) is 4.33. The summed E-state index contributed by atoms with van der Waals surface area (Å²) in [6.45, 7) is 0. The van der Waals surface area contributed by atoms with E-state index in [1.54, 1.807) is 6.07 Å². The molecule has 0 fully saturated rings. The summed E-state index contributed by atoms with van der Waals surface area (Å²) in [7, 11) is 0. The first-order chi connectivity index (χ1) is 12.8. The van der Waals surface area contributed by atoms with E-state index in [4.69, 9.17) is 21.2 Å². The molecule has 0 saturated heterocycles. The molecule has 0 aromatic heterocycles. The molecule has 0 bridgehead atoms. The monoisotopic (exact) mass is 363 g/mol. The molecule has 0 saturated carbocycles. The first kappa shape index (κ1) is 16.7. The van der Waals surface area contributed by atoms with E-state index in [1.807, 2.05) is 54.6 Å². The highest BCUT2D eigenvalue weighted by atomic mass is 35.5. The average molecular weight is 364 g/mol. The minimum Gasteiger partial charge on any atom is -0.452 e. The first-order valence-corrected chi connectivity index (χ1v) is 8.92. The van der Waals surface area contributed by atoms with Crippen LogP contribution in [-0.2, 0) is 4.84 Å². The zero-order valence-corrected chi connectivity index (χ0v) is 14.8. The van der Waals surface area contributed by atoms with Crippen molar-refractivity contribution in [2.24, 2.45) is 5.16 Å². The summed E-state index contributed by atoms with van der Waals surface area (Å²) < 4.78 is 5.89. The molecule has 0 aliphatic carbocycles. The van der Waals surface area contributed by atoms with Crippen molar-refractivity contribution in [1.29, 1.82) is 0 Å². The van der Waals surface area contributed by atoms with Crippen LogP contribution in [-0.4, -0.2) is 12.0 Å². The van der Waals surface area contributed by atoms with Gasteiger partial charge in [-0.05, 0) is 29.3 Å². The fourth-order valence-electron chi connectivity index (χ4n) is 3.17. The highest BCUT2D eigenvalue weighted by Gasteiger charge is 2.30. The van der Waals surface area contributed by atoms with Crippen LogP contribution in [0.4, 0.5) is 0 Å². The Morgan fingerprint density at radius 2 is 1.54 bits per heavy atom. The van der Waals surface area contributed by atoms with E-state index in [0.717, 1.165) is 5.71 Å². The van der Waals surface area contributed by atoms with Crippen LogP contribution in [0.3, 0.4) is 0 Å². The summed E-state index contributed by atoms with van der Waals surface area (Å²) in [5, 5.41) is 4.98. The van der Waals surface area contributed by atoms with Gasteiger partial charge in [-0.15, -0.1) is 0 Å². The van der Waals surface area contributed by atoms with Gasteiger partial charge in [0.2, 0.25) is 0 Å². The molecule has 0 spiro atoms. The molecule has 1 atom stereocenters.